The third-order valence-electron chi connectivity index (χ3n) is 4.49. The van der Waals surface area contributed by atoms with Crippen molar-refractivity contribution >= 4 is 44.9 Å². The van der Waals surface area contributed by atoms with E-state index in [1.54, 1.807) is 23.8 Å². The van der Waals surface area contributed by atoms with E-state index in [1.165, 1.54) is 23.1 Å². The lowest BCUT2D eigenvalue weighted by atomic mass is 10.2. The number of thiophene rings is 1. The predicted octanol–water partition coefficient (Wildman–Crippen LogP) is 4.50. The Hall–Kier alpha value is -3.10. The summed E-state index contributed by atoms with van der Waals surface area (Å²) in [5.41, 5.74) is 2.89. The Bertz CT molecular complexity index is 1280. The van der Waals surface area contributed by atoms with E-state index in [0.717, 1.165) is 11.3 Å². The van der Waals surface area contributed by atoms with Crippen molar-refractivity contribution in [2.75, 3.05) is 18.2 Å². The number of rotatable bonds is 6. The van der Waals surface area contributed by atoms with Crippen LogP contribution in [-0.4, -0.2) is 28.3 Å². The fourth-order valence-corrected chi connectivity index (χ4v) is 4.61. The number of carbonyl (C=O) groups excluding carboxylic acids is 1. The van der Waals surface area contributed by atoms with Crippen molar-refractivity contribution in [3.8, 4) is 11.4 Å². The zero-order valence-corrected chi connectivity index (χ0v) is 18.0. The number of carbonyl (C=O) groups is 1. The number of nitrogens with one attached hydrogen (secondary N) is 1. The number of amides is 1. The molecule has 1 amide bonds. The minimum Gasteiger partial charge on any atom is -0.497 e. The van der Waals surface area contributed by atoms with Crippen molar-refractivity contribution in [3.05, 3.63) is 75.9 Å². The lowest BCUT2D eigenvalue weighted by Gasteiger charge is -2.14. The quantitative estimate of drug-likeness (QED) is 0.355. The van der Waals surface area contributed by atoms with Crippen LogP contribution < -0.4 is 15.6 Å². The Kier molecular flexibility index (Phi) is 5.87. The molecule has 4 rings (SSSR count). The SMILES string of the molecule is COc1cccc(NC(=O)CSc2nc3ccsc3c(=O)n2-c2ccccc2C)c1. The van der Waals surface area contributed by atoms with Crippen LogP contribution in [0.1, 0.15) is 5.56 Å². The van der Waals surface area contributed by atoms with Crippen LogP contribution in [0, 0.1) is 6.92 Å². The second-order valence-corrected chi connectivity index (χ2v) is 8.38. The van der Waals surface area contributed by atoms with Crippen LogP contribution in [0.3, 0.4) is 0 Å². The molecule has 0 spiro atoms. The maximum atomic E-state index is 13.2. The number of aryl methyl sites for hydroxylation is 1. The molecule has 0 radical (unpaired) electrons. The van der Waals surface area contributed by atoms with Gasteiger partial charge < -0.3 is 10.1 Å². The van der Waals surface area contributed by atoms with Crippen molar-refractivity contribution in [3.63, 3.8) is 0 Å². The van der Waals surface area contributed by atoms with Crippen molar-refractivity contribution in [1.82, 2.24) is 9.55 Å². The van der Waals surface area contributed by atoms with Gasteiger partial charge in [0.15, 0.2) is 5.16 Å². The number of para-hydroxylation sites is 1. The molecule has 0 saturated heterocycles. The highest BCUT2D eigenvalue weighted by atomic mass is 32.2. The first-order valence-electron chi connectivity index (χ1n) is 9.20. The standard InChI is InChI=1S/C22H19N3O3S2/c1-14-6-3-4-9-18(14)25-21(27)20-17(10-11-29-20)24-22(25)30-13-19(26)23-15-7-5-8-16(12-15)28-2/h3-12H,13H2,1-2H3,(H,23,26). The first-order valence-corrected chi connectivity index (χ1v) is 11.1. The number of ether oxygens (including phenoxy) is 1. The zero-order chi connectivity index (χ0) is 21.1. The highest BCUT2D eigenvalue weighted by Crippen LogP contribution is 2.25. The lowest BCUT2D eigenvalue weighted by Crippen LogP contribution is -2.22. The van der Waals surface area contributed by atoms with Crippen molar-refractivity contribution in [2.45, 2.75) is 12.1 Å². The first kappa shape index (κ1) is 20.2. The fourth-order valence-electron chi connectivity index (χ4n) is 3.04. The van der Waals surface area contributed by atoms with Gasteiger partial charge in [-0.3, -0.25) is 14.2 Å². The molecule has 6 nitrogen and oxygen atoms in total. The normalized spacial score (nSPS) is 10.9. The van der Waals surface area contributed by atoms with Gasteiger partial charge in [-0.1, -0.05) is 36.0 Å². The highest BCUT2D eigenvalue weighted by molar-refractivity contribution is 7.99. The van der Waals surface area contributed by atoms with E-state index in [-0.39, 0.29) is 17.2 Å². The molecule has 0 bridgehead atoms. The van der Waals surface area contributed by atoms with Crippen LogP contribution in [-0.2, 0) is 4.79 Å². The molecular weight excluding hydrogens is 418 g/mol. The van der Waals surface area contributed by atoms with E-state index < -0.39 is 0 Å². The average molecular weight is 438 g/mol. The van der Waals surface area contributed by atoms with Crippen LogP contribution >= 0.6 is 23.1 Å². The second-order valence-electron chi connectivity index (χ2n) is 6.53. The predicted molar refractivity (Wildman–Crippen MR) is 122 cm³/mol. The van der Waals surface area contributed by atoms with Gasteiger partial charge in [0.05, 0.1) is 24.1 Å². The fraction of sp³-hybridized carbons (Fsp3) is 0.136. The van der Waals surface area contributed by atoms with Crippen LogP contribution in [0.2, 0.25) is 0 Å². The maximum Gasteiger partial charge on any atom is 0.276 e. The number of hydrogen-bond donors (Lipinski definition) is 1. The Morgan fingerprint density at radius 1 is 1.20 bits per heavy atom. The number of thioether (sulfide) groups is 1. The number of nitrogens with zero attached hydrogens (tertiary/aromatic N) is 2. The monoisotopic (exact) mass is 437 g/mol. The van der Waals surface area contributed by atoms with E-state index in [9.17, 15) is 9.59 Å². The van der Waals surface area contributed by atoms with E-state index >= 15 is 0 Å². The topological polar surface area (TPSA) is 73.2 Å². The number of hydrogen-bond acceptors (Lipinski definition) is 6. The van der Waals surface area contributed by atoms with Gasteiger partial charge in [0, 0.05) is 11.8 Å². The molecule has 30 heavy (non-hydrogen) atoms. The number of aromatic nitrogens is 2. The van der Waals surface area contributed by atoms with Crippen LogP contribution in [0.5, 0.6) is 5.75 Å². The molecular formula is C22H19N3O3S2. The van der Waals surface area contributed by atoms with Gasteiger partial charge in [0.25, 0.3) is 5.56 Å². The molecule has 0 aliphatic rings. The average Bonchev–Trinajstić information content (AvgIpc) is 3.22. The summed E-state index contributed by atoms with van der Waals surface area (Å²) < 4.78 is 7.38. The molecule has 4 aromatic rings. The zero-order valence-electron chi connectivity index (χ0n) is 16.4. The van der Waals surface area contributed by atoms with Gasteiger partial charge in [-0.25, -0.2) is 4.98 Å². The van der Waals surface area contributed by atoms with Gasteiger partial charge in [0.2, 0.25) is 5.91 Å². The van der Waals surface area contributed by atoms with Gasteiger partial charge in [-0.15, -0.1) is 11.3 Å². The summed E-state index contributed by atoms with van der Waals surface area (Å²) in [6.45, 7) is 1.95. The van der Waals surface area contributed by atoms with Gasteiger partial charge >= 0.3 is 0 Å². The number of fused-ring (bicyclic) bond motifs is 1. The van der Waals surface area contributed by atoms with Crippen molar-refractivity contribution in [1.29, 1.82) is 0 Å². The Morgan fingerprint density at radius 2 is 2.03 bits per heavy atom. The largest absolute Gasteiger partial charge is 0.497 e. The molecule has 0 aliphatic carbocycles. The highest BCUT2D eigenvalue weighted by Gasteiger charge is 2.17. The Morgan fingerprint density at radius 3 is 2.83 bits per heavy atom. The molecule has 8 heteroatoms. The second kappa shape index (κ2) is 8.73. The number of methoxy groups -OCH3 is 1. The number of benzene rings is 2. The molecule has 1 N–H and O–H groups in total. The summed E-state index contributed by atoms with van der Waals surface area (Å²) in [6, 6.07) is 16.6. The molecule has 0 unspecified atom stereocenters. The van der Waals surface area contributed by atoms with Crippen LogP contribution in [0.15, 0.2) is 69.9 Å². The summed E-state index contributed by atoms with van der Waals surface area (Å²) in [6.07, 6.45) is 0. The Labute approximate surface area is 181 Å². The number of anilines is 1. The van der Waals surface area contributed by atoms with Gasteiger partial charge in [-0.05, 0) is 42.1 Å². The summed E-state index contributed by atoms with van der Waals surface area (Å²) in [5.74, 6) is 0.591. The third kappa shape index (κ3) is 4.10. The smallest absolute Gasteiger partial charge is 0.276 e. The molecule has 2 aromatic heterocycles. The molecule has 0 aliphatic heterocycles. The molecule has 0 fully saturated rings. The van der Waals surface area contributed by atoms with Crippen LogP contribution in [0.25, 0.3) is 15.9 Å². The van der Waals surface area contributed by atoms with E-state index in [0.29, 0.717) is 26.8 Å². The summed E-state index contributed by atoms with van der Waals surface area (Å²) in [5, 5.41) is 5.19. The van der Waals surface area contributed by atoms with Crippen LogP contribution in [0.4, 0.5) is 5.69 Å². The van der Waals surface area contributed by atoms with E-state index in [2.05, 4.69) is 10.3 Å². The summed E-state index contributed by atoms with van der Waals surface area (Å²) >= 11 is 2.60. The Balaban J connectivity index is 1.63. The van der Waals surface area contributed by atoms with Crippen molar-refractivity contribution < 1.29 is 9.53 Å². The molecule has 2 aromatic carbocycles. The van der Waals surface area contributed by atoms with E-state index in [4.69, 9.17) is 4.74 Å². The maximum absolute atomic E-state index is 13.2. The summed E-state index contributed by atoms with van der Waals surface area (Å²) in [4.78, 5) is 30.3. The van der Waals surface area contributed by atoms with Gasteiger partial charge in [0.1, 0.15) is 10.4 Å². The lowest BCUT2D eigenvalue weighted by molar-refractivity contribution is -0.113. The van der Waals surface area contributed by atoms with Gasteiger partial charge in [-0.2, -0.15) is 0 Å². The molecule has 0 saturated carbocycles. The minimum absolute atomic E-state index is 0.116. The molecule has 0 atom stereocenters. The van der Waals surface area contributed by atoms with Crippen molar-refractivity contribution in [2.24, 2.45) is 0 Å². The molecule has 152 valence electrons. The summed E-state index contributed by atoms with van der Waals surface area (Å²) in [7, 11) is 1.58. The third-order valence-corrected chi connectivity index (χ3v) is 6.32. The molecule has 2 heterocycles. The van der Waals surface area contributed by atoms with E-state index in [1.807, 2.05) is 54.8 Å². The first-order chi connectivity index (χ1) is 14.6. The minimum atomic E-state index is -0.191.